The van der Waals surface area contributed by atoms with E-state index >= 15 is 0 Å². The molecule has 4 rings (SSSR count). The zero-order valence-electron chi connectivity index (χ0n) is 11.5. The fourth-order valence-corrected chi connectivity index (χ4v) is 4.98. The van der Waals surface area contributed by atoms with Gasteiger partial charge in [0.15, 0.2) is 5.17 Å². The summed E-state index contributed by atoms with van der Waals surface area (Å²) in [5.74, 6) is 0. The van der Waals surface area contributed by atoms with E-state index in [2.05, 4.69) is 37.0 Å². The number of fused-ring (bicyclic) bond motifs is 1. The van der Waals surface area contributed by atoms with Gasteiger partial charge in [-0.25, -0.2) is 0 Å². The number of nitrogens with zero attached hydrogens (tertiary/aromatic N) is 3. The van der Waals surface area contributed by atoms with Crippen molar-refractivity contribution in [2.75, 3.05) is 26.2 Å². The van der Waals surface area contributed by atoms with Crippen molar-refractivity contribution in [3.05, 3.63) is 33.5 Å². The number of aliphatic imine (C=N–C) groups is 1. The molecule has 0 aromatic carbocycles. The minimum atomic E-state index is 0.623. The molecule has 0 N–H and O–H groups in total. The molecule has 3 aliphatic heterocycles. The number of thioether (sulfide) groups is 1. The SMILES string of the molecule is C1=C(CN2CCCC2c2ccsc2)N2CCCN=C2S1. The van der Waals surface area contributed by atoms with Crippen LogP contribution in [0.15, 0.2) is 32.9 Å². The van der Waals surface area contributed by atoms with E-state index in [-0.39, 0.29) is 0 Å². The van der Waals surface area contributed by atoms with Gasteiger partial charge in [0.25, 0.3) is 0 Å². The zero-order valence-corrected chi connectivity index (χ0v) is 13.1. The molecule has 0 radical (unpaired) electrons. The maximum atomic E-state index is 4.62. The van der Waals surface area contributed by atoms with Gasteiger partial charge >= 0.3 is 0 Å². The second-order valence-electron chi connectivity index (χ2n) is 5.58. The second-order valence-corrected chi connectivity index (χ2v) is 7.20. The smallest absolute Gasteiger partial charge is 0.167 e. The largest absolute Gasteiger partial charge is 0.323 e. The van der Waals surface area contributed by atoms with Crippen LogP contribution in [0.1, 0.15) is 30.9 Å². The molecule has 4 heterocycles. The number of amidine groups is 1. The average molecular weight is 305 g/mol. The molecule has 1 atom stereocenters. The van der Waals surface area contributed by atoms with Gasteiger partial charge in [-0.05, 0) is 53.6 Å². The van der Waals surface area contributed by atoms with Crippen molar-refractivity contribution in [2.24, 2.45) is 4.99 Å². The highest BCUT2D eigenvalue weighted by Gasteiger charge is 2.31. The van der Waals surface area contributed by atoms with Gasteiger partial charge in [0.1, 0.15) is 0 Å². The van der Waals surface area contributed by atoms with Gasteiger partial charge in [0, 0.05) is 31.4 Å². The lowest BCUT2D eigenvalue weighted by molar-refractivity contribution is 0.261. The summed E-state index contributed by atoms with van der Waals surface area (Å²) in [6.45, 7) is 4.45. The summed E-state index contributed by atoms with van der Waals surface area (Å²) in [6.07, 6.45) is 3.81. The van der Waals surface area contributed by atoms with Crippen LogP contribution in [0.3, 0.4) is 0 Å². The Kier molecular flexibility index (Phi) is 3.58. The molecule has 1 aromatic heterocycles. The lowest BCUT2D eigenvalue weighted by atomic mass is 10.1. The Morgan fingerprint density at radius 1 is 1.30 bits per heavy atom. The van der Waals surface area contributed by atoms with E-state index < -0.39 is 0 Å². The zero-order chi connectivity index (χ0) is 13.4. The van der Waals surface area contributed by atoms with Crippen molar-refractivity contribution in [3.8, 4) is 0 Å². The molecule has 106 valence electrons. The maximum Gasteiger partial charge on any atom is 0.167 e. The van der Waals surface area contributed by atoms with E-state index in [0.717, 1.165) is 19.6 Å². The van der Waals surface area contributed by atoms with E-state index in [1.54, 1.807) is 11.8 Å². The van der Waals surface area contributed by atoms with Crippen molar-refractivity contribution >= 4 is 28.3 Å². The van der Waals surface area contributed by atoms with Crippen molar-refractivity contribution < 1.29 is 0 Å². The van der Waals surface area contributed by atoms with Crippen molar-refractivity contribution in [1.29, 1.82) is 0 Å². The van der Waals surface area contributed by atoms with Gasteiger partial charge in [-0.2, -0.15) is 11.3 Å². The topological polar surface area (TPSA) is 18.8 Å². The van der Waals surface area contributed by atoms with Gasteiger partial charge in [-0.3, -0.25) is 9.89 Å². The van der Waals surface area contributed by atoms with Crippen LogP contribution in [0.25, 0.3) is 0 Å². The van der Waals surface area contributed by atoms with Crippen LogP contribution in [0.2, 0.25) is 0 Å². The van der Waals surface area contributed by atoms with Gasteiger partial charge in [0.05, 0.1) is 0 Å². The van der Waals surface area contributed by atoms with Crippen LogP contribution in [-0.2, 0) is 0 Å². The predicted molar refractivity (Wildman–Crippen MR) is 87.2 cm³/mol. The first kappa shape index (κ1) is 12.9. The normalized spacial score (nSPS) is 26.6. The Bertz CT molecular complexity index is 535. The maximum absolute atomic E-state index is 4.62. The van der Waals surface area contributed by atoms with Crippen molar-refractivity contribution in [2.45, 2.75) is 25.3 Å². The van der Waals surface area contributed by atoms with E-state index in [1.165, 1.54) is 42.2 Å². The summed E-state index contributed by atoms with van der Waals surface area (Å²) in [5.41, 5.74) is 2.96. The number of hydrogen-bond acceptors (Lipinski definition) is 5. The summed E-state index contributed by atoms with van der Waals surface area (Å²) in [4.78, 5) is 9.69. The van der Waals surface area contributed by atoms with Crippen LogP contribution < -0.4 is 0 Å². The third-order valence-electron chi connectivity index (χ3n) is 4.32. The van der Waals surface area contributed by atoms with Gasteiger partial charge in [-0.1, -0.05) is 11.8 Å². The number of rotatable bonds is 3. The van der Waals surface area contributed by atoms with Crippen LogP contribution in [0.4, 0.5) is 0 Å². The number of thiophene rings is 1. The van der Waals surface area contributed by atoms with Crippen LogP contribution >= 0.6 is 23.1 Å². The molecule has 0 aliphatic carbocycles. The fraction of sp³-hybridized carbons (Fsp3) is 0.533. The predicted octanol–water partition coefficient (Wildman–Crippen LogP) is 3.53. The summed E-state index contributed by atoms with van der Waals surface area (Å²) in [7, 11) is 0. The molecule has 0 saturated carbocycles. The first-order valence-corrected chi connectivity index (χ1v) is 9.18. The first-order valence-electron chi connectivity index (χ1n) is 7.35. The van der Waals surface area contributed by atoms with Gasteiger partial charge < -0.3 is 4.90 Å². The monoisotopic (exact) mass is 305 g/mol. The molecule has 1 saturated heterocycles. The van der Waals surface area contributed by atoms with E-state index in [9.17, 15) is 0 Å². The highest BCUT2D eigenvalue weighted by atomic mass is 32.2. The molecule has 1 aromatic rings. The van der Waals surface area contributed by atoms with Crippen LogP contribution in [-0.4, -0.2) is 41.1 Å². The number of likely N-dealkylation sites (tertiary alicyclic amines) is 1. The minimum absolute atomic E-state index is 0.623. The van der Waals surface area contributed by atoms with E-state index in [0.29, 0.717) is 6.04 Å². The second kappa shape index (κ2) is 5.54. The Labute approximate surface area is 128 Å². The Morgan fingerprint density at radius 3 is 3.20 bits per heavy atom. The molecule has 20 heavy (non-hydrogen) atoms. The summed E-state index contributed by atoms with van der Waals surface area (Å²) in [5, 5.41) is 8.05. The molecule has 1 fully saturated rings. The van der Waals surface area contributed by atoms with Gasteiger partial charge in [-0.15, -0.1) is 0 Å². The molecule has 3 aliphatic rings. The summed E-state index contributed by atoms with van der Waals surface area (Å²) >= 11 is 3.62. The third kappa shape index (κ3) is 2.32. The molecule has 0 spiro atoms. The van der Waals surface area contributed by atoms with Crippen LogP contribution in [0.5, 0.6) is 0 Å². The first-order chi connectivity index (χ1) is 9.92. The summed E-state index contributed by atoms with van der Waals surface area (Å²) in [6, 6.07) is 2.91. The molecule has 1 unspecified atom stereocenters. The van der Waals surface area contributed by atoms with Gasteiger partial charge in [0.2, 0.25) is 0 Å². The quantitative estimate of drug-likeness (QED) is 0.851. The van der Waals surface area contributed by atoms with E-state index in [4.69, 9.17) is 0 Å². The summed E-state index contributed by atoms with van der Waals surface area (Å²) < 4.78 is 0. The Morgan fingerprint density at radius 2 is 2.30 bits per heavy atom. The highest BCUT2D eigenvalue weighted by molar-refractivity contribution is 8.16. The molecule has 0 amide bonds. The molecular weight excluding hydrogens is 286 g/mol. The molecule has 0 bridgehead atoms. The van der Waals surface area contributed by atoms with Crippen molar-refractivity contribution in [1.82, 2.24) is 9.80 Å². The lowest BCUT2D eigenvalue weighted by Crippen LogP contribution is -2.35. The average Bonchev–Trinajstić information content (AvgIpc) is 3.19. The highest BCUT2D eigenvalue weighted by Crippen LogP contribution is 2.36. The molecule has 5 heteroatoms. The van der Waals surface area contributed by atoms with Crippen molar-refractivity contribution in [3.63, 3.8) is 0 Å². The van der Waals surface area contributed by atoms with E-state index in [1.807, 2.05) is 11.3 Å². The molecular formula is C15H19N3S2. The third-order valence-corrected chi connectivity index (χ3v) is 5.97. The minimum Gasteiger partial charge on any atom is -0.323 e. The number of hydrogen-bond donors (Lipinski definition) is 0. The Hall–Kier alpha value is -0.780. The lowest BCUT2D eigenvalue weighted by Gasteiger charge is -2.30. The standard InChI is InChI=1S/C15H19N3S2/c1-3-14(12-4-8-19-10-12)17(6-1)9-13-11-20-15-16-5-2-7-18(13)15/h4,8,10-11,14H,1-3,5-7,9H2. The Balaban J connectivity index is 1.49. The van der Waals surface area contributed by atoms with Crippen LogP contribution in [0, 0.1) is 0 Å². The molecule has 3 nitrogen and oxygen atoms in total. The fourth-order valence-electron chi connectivity index (χ4n) is 3.32.